The fourth-order valence-electron chi connectivity index (χ4n) is 2.41. The van der Waals surface area contributed by atoms with Crippen molar-refractivity contribution in [3.8, 4) is 11.5 Å². The first kappa shape index (κ1) is 13.7. The molecule has 0 aliphatic rings. The van der Waals surface area contributed by atoms with E-state index in [9.17, 15) is 0 Å². The van der Waals surface area contributed by atoms with Crippen molar-refractivity contribution in [3.05, 3.63) is 42.4 Å². The summed E-state index contributed by atoms with van der Waals surface area (Å²) in [5.41, 5.74) is 0.763. The molecule has 0 saturated heterocycles. The van der Waals surface area contributed by atoms with E-state index in [2.05, 4.69) is 40.4 Å². The van der Waals surface area contributed by atoms with Crippen LogP contribution in [0.3, 0.4) is 0 Å². The highest BCUT2D eigenvalue weighted by Crippen LogP contribution is 2.24. The Labute approximate surface area is 123 Å². The fourth-order valence-corrected chi connectivity index (χ4v) is 2.41. The van der Waals surface area contributed by atoms with Crippen LogP contribution in [0.1, 0.15) is 19.7 Å². The Balaban J connectivity index is 1.91. The van der Waals surface area contributed by atoms with Crippen molar-refractivity contribution in [1.29, 1.82) is 0 Å². The van der Waals surface area contributed by atoms with Gasteiger partial charge in [-0.2, -0.15) is 4.98 Å². The van der Waals surface area contributed by atoms with E-state index < -0.39 is 0 Å². The van der Waals surface area contributed by atoms with Crippen molar-refractivity contribution in [2.24, 2.45) is 0 Å². The summed E-state index contributed by atoms with van der Waals surface area (Å²) in [5, 5.41) is 9.56. The molecule has 0 saturated carbocycles. The summed E-state index contributed by atoms with van der Waals surface area (Å²) in [6.07, 6.45) is 2.49. The summed E-state index contributed by atoms with van der Waals surface area (Å²) >= 11 is 0. The van der Waals surface area contributed by atoms with Gasteiger partial charge in [0.15, 0.2) is 0 Å². The number of nitrogens with one attached hydrogen (secondary N) is 1. The molecule has 2 heterocycles. The molecule has 0 fully saturated rings. The molecule has 0 aliphatic heterocycles. The first-order valence-corrected chi connectivity index (χ1v) is 7.18. The number of hydrogen-bond acceptors (Lipinski definition) is 5. The van der Waals surface area contributed by atoms with Crippen molar-refractivity contribution in [2.75, 3.05) is 6.54 Å². The summed E-state index contributed by atoms with van der Waals surface area (Å²) in [4.78, 5) is 8.88. The highest BCUT2D eigenvalue weighted by molar-refractivity contribution is 5.92. The molecule has 5 nitrogen and oxygen atoms in total. The van der Waals surface area contributed by atoms with Crippen LogP contribution in [0, 0.1) is 0 Å². The standard InChI is InChI=1S/C16H18N4O/c1-3-17-11(2)10-14-19-16(20-21-14)15-13-7-5-4-6-12(13)8-9-18-15/h4-9,11,17H,3,10H2,1-2H3. The van der Waals surface area contributed by atoms with E-state index in [0.29, 0.717) is 24.2 Å². The zero-order valence-electron chi connectivity index (χ0n) is 12.2. The zero-order valence-corrected chi connectivity index (χ0v) is 12.2. The summed E-state index contributed by atoms with van der Waals surface area (Å²) in [6, 6.07) is 10.4. The third-order valence-electron chi connectivity index (χ3n) is 3.39. The molecule has 0 aliphatic carbocycles. The Kier molecular flexibility index (Phi) is 3.92. The zero-order chi connectivity index (χ0) is 14.7. The number of rotatable bonds is 5. The molecule has 3 aromatic rings. The molecule has 0 spiro atoms. The van der Waals surface area contributed by atoms with Crippen LogP contribution in [0.2, 0.25) is 0 Å². The highest BCUT2D eigenvalue weighted by Gasteiger charge is 2.14. The molecule has 5 heteroatoms. The second-order valence-corrected chi connectivity index (χ2v) is 5.06. The molecule has 0 bridgehead atoms. The Bertz CT molecular complexity index is 732. The van der Waals surface area contributed by atoms with Gasteiger partial charge in [0.2, 0.25) is 11.7 Å². The van der Waals surface area contributed by atoms with Crippen LogP contribution < -0.4 is 5.32 Å². The largest absolute Gasteiger partial charge is 0.339 e. The number of hydrogen-bond donors (Lipinski definition) is 1. The normalized spacial score (nSPS) is 12.7. The lowest BCUT2D eigenvalue weighted by Gasteiger charge is -2.07. The molecule has 3 rings (SSSR count). The van der Waals surface area contributed by atoms with Crippen molar-refractivity contribution < 1.29 is 4.52 Å². The molecule has 1 aromatic carbocycles. The van der Waals surface area contributed by atoms with Gasteiger partial charge in [-0.15, -0.1) is 0 Å². The maximum Gasteiger partial charge on any atom is 0.228 e. The highest BCUT2D eigenvalue weighted by atomic mass is 16.5. The van der Waals surface area contributed by atoms with E-state index in [1.54, 1.807) is 6.20 Å². The summed E-state index contributed by atoms with van der Waals surface area (Å²) in [7, 11) is 0. The maximum absolute atomic E-state index is 5.34. The third kappa shape index (κ3) is 2.92. The lowest BCUT2D eigenvalue weighted by atomic mass is 10.1. The minimum atomic E-state index is 0.309. The van der Waals surface area contributed by atoms with Gasteiger partial charge in [0.25, 0.3) is 0 Å². The van der Waals surface area contributed by atoms with Crippen LogP contribution >= 0.6 is 0 Å². The van der Waals surface area contributed by atoms with E-state index in [4.69, 9.17) is 4.52 Å². The molecule has 108 valence electrons. The smallest absolute Gasteiger partial charge is 0.228 e. The van der Waals surface area contributed by atoms with Crippen LogP contribution in [0.5, 0.6) is 0 Å². The average Bonchev–Trinajstić information content (AvgIpc) is 2.95. The lowest BCUT2D eigenvalue weighted by molar-refractivity contribution is 0.363. The van der Waals surface area contributed by atoms with Gasteiger partial charge in [0.1, 0.15) is 5.69 Å². The number of pyridine rings is 1. The third-order valence-corrected chi connectivity index (χ3v) is 3.39. The van der Waals surface area contributed by atoms with E-state index >= 15 is 0 Å². The van der Waals surface area contributed by atoms with Gasteiger partial charge in [-0.3, -0.25) is 4.98 Å². The molecular weight excluding hydrogens is 264 g/mol. The number of aromatic nitrogens is 3. The average molecular weight is 282 g/mol. The van der Waals surface area contributed by atoms with E-state index in [1.807, 2.05) is 24.3 Å². The van der Waals surface area contributed by atoms with Gasteiger partial charge < -0.3 is 9.84 Å². The van der Waals surface area contributed by atoms with E-state index in [-0.39, 0.29) is 0 Å². The van der Waals surface area contributed by atoms with Crippen molar-refractivity contribution in [2.45, 2.75) is 26.3 Å². The predicted octanol–water partition coefficient (Wildman–Crippen LogP) is 2.83. The molecule has 2 aromatic heterocycles. The Morgan fingerprint density at radius 1 is 1.24 bits per heavy atom. The molecule has 0 radical (unpaired) electrons. The Morgan fingerprint density at radius 2 is 2.10 bits per heavy atom. The second kappa shape index (κ2) is 6.01. The Morgan fingerprint density at radius 3 is 2.95 bits per heavy atom. The van der Waals surface area contributed by atoms with Crippen LogP contribution in [-0.4, -0.2) is 27.7 Å². The monoisotopic (exact) mass is 282 g/mol. The van der Waals surface area contributed by atoms with Crippen molar-refractivity contribution in [1.82, 2.24) is 20.4 Å². The molecule has 0 amide bonds. The first-order chi connectivity index (χ1) is 10.3. The predicted molar refractivity (Wildman–Crippen MR) is 81.9 cm³/mol. The van der Waals surface area contributed by atoms with Crippen LogP contribution in [-0.2, 0) is 6.42 Å². The number of likely N-dealkylation sites (N-methyl/N-ethyl adjacent to an activating group) is 1. The second-order valence-electron chi connectivity index (χ2n) is 5.06. The van der Waals surface area contributed by atoms with Gasteiger partial charge >= 0.3 is 0 Å². The van der Waals surface area contributed by atoms with E-state index in [0.717, 1.165) is 23.0 Å². The molecule has 1 unspecified atom stereocenters. The minimum Gasteiger partial charge on any atom is -0.339 e. The lowest BCUT2D eigenvalue weighted by Crippen LogP contribution is -2.27. The number of benzene rings is 1. The van der Waals surface area contributed by atoms with Crippen LogP contribution in [0.15, 0.2) is 41.1 Å². The summed E-state index contributed by atoms with van der Waals surface area (Å²) in [6.45, 7) is 5.10. The topological polar surface area (TPSA) is 63.8 Å². The fraction of sp³-hybridized carbons (Fsp3) is 0.312. The summed E-state index contributed by atoms with van der Waals surface area (Å²) in [5.74, 6) is 1.18. The number of nitrogens with zero attached hydrogens (tertiary/aromatic N) is 3. The van der Waals surface area contributed by atoms with Gasteiger partial charge in [0.05, 0.1) is 0 Å². The van der Waals surface area contributed by atoms with Gasteiger partial charge in [-0.05, 0) is 24.9 Å². The van der Waals surface area contributed by atoms with Crippen LogP contribution in [0.4, 0.5) is 0 Å². The molecule has 21 heavy (non-hydrogen) atoms. The van der Waals surface area contributed by atoms with Crippen molar-refractivity contribution in [3.63, 3.8) is 0 Å². The first-order valence-electron chi connectivity index (χ1n) is 7.18. The molecule has 1 N–H and O–H groups in total. The van der Waals surface area contributed by atoms with Crippen LogP contribution in [0.25, 0.3) is 22.3 Å². The van der Waals surface area contributed by atoms with Crippen molar-refractivity contribution >= 4 is 10.8 Å². The Hall–Kier alpha value is -2.27. The SMILES string of the molecule is CCNC(C)Cc1nc(-c2nccc3ccccc23)no1. The van der Waals surface area contributed by atoms with E-state index in [1.165, 1.54) is 0 Å². The molecule has 1 atom stereocenters. The molecular formula is C16H18N4O. The maximum atomic E-state index is 5.34. The minimum absolute atomic E-state index is 0.309. The van der Waals surface area contributed by atoms with Gasteiger partial charge in [-0.25, -0.2) is 0 Å². The number of fused-ring (bicyclic) bond motifs is 1. The van der Waals surface area contributed by atoms with Gasteiger partial charge in [-0.1, -0.05) is 36.3 Å². The van der Waals surface area contributed by atoms with Gasteiger partial charge in [0, 0.05) is 24.0 Å². The quantitative estimate of drug-likeness (QED) is 0.779. The summed E-state index contributed by atoms with van der Waals surface area (Å²) < 4.78 is 5.34.